The van der Waals surface area contributed by atoms with Crippen LogP contribution in [0, 0.1) is 12.3 Å². The van der Waals surface area contributed by atoms with Crippen molar-refractivity contribution < 1.29 is 17.9 Å². The van der Waals surface area contributed by atoms with E-state index in [0.717, 1.165) is 0 Å². The molecule has 5 heteroatoms. The van der Waals surface area contributed by atoms with Gasteiger partial charge < -0.3 is 4.74 Å². The lowest BCUT2D eigenvalue weighted by molar-refractivity contribution is -0.166. The van der Waals surface area contributed by atoms with Gasteiger partial charge in [-0.3, -0.25) is 5.32 Å². The Kier molecular flexibility index (Phi) is 3.72. The molecule has 1 saturated carbocycles. The van der Waals surface area contributed by atoms with E-state index in [4.69, 9.17) is 11.2 Å². The third kappa shape index (κ3) is 3.02. The SMILES string of the molecule is C#CCOc1ccccc1CNC1(C(F)(F)F)CC1. The van der Waals surface area contributed by atoms with E-state index >= 15 is 0 Å². The van der Waals surface area contributed by atoms with E-state index in [1.54, 1.807) is 24.3 Å². The number of nitrogens with one attached hydrogen (secondary N) is 1. The maximum absolute atomic E-state index is 12.8. The highest BCUT2D eigenvalue weighted by atomic mass is 19.4. The van der Waals surface area contributed by atoms with E-state index in [1.165, 1.54) is 0 Å². The molecular formula is C14H14F3NO. The van der Waals surface area contributed by atoms with Crippen LogP contribution < -0.4 is 10.1 Å². The summed E-state index contributed by atoms with van der Waals surface area (Å²) in [6.45, 7) is 0.210. The summed E-state index contributed by atoms with van der Waals surface area (Å²) in [7, 11) is 0. The molecule has 1 aliphatic carbocycles. The number of para-hydroxylation sites is 1. The van der Waals surface area contributed by atoms with Gasteiger partial charge in [-0.05, 0) is 18.9 Å². The van der Waals surface area contributed by atoms with Crippen LogP contribution in [0.3, 0.4) is 0 Å². The Morgan fingerprint density at radius 2 is 2.00 bits per heavy atom. The summed E-state index contributed by atoms with van der Waals surface area (Å²) in [5, 5.41) is 2.59. The van der Waals surface area contributed by atoms with Gasteiger partial charge in [-0.25, -0.2) is 0 Å². The van der Waals surface area contributed by atoms with Gasteiger partial charge in [0.1, 0.15) is 17.9 Å². The normalized spacial score (nSPS) is 16.7. The Balaban J connectivity index is 2.02. The van der Waals surface area contributed by atoms with Gasteiger partial charge in [0.2, 0.25) is 0 Å². The fourth-order valence-corrected chi connectivity index (χ4v) is 1.86. The quantitative estimate of drug-likeness (QED) is 0.830. The van der Waals surface area contributed by atoms with Crippen LogP contribution in [0.4, 0.5) is 13.2 Å². The van der Waals surface area contributed by atoms with Crippen LogP contribution in [0.1, 0.15) is 18.4 Å². The molecule has 0 aliphatic heterocycles. The summed E-state index contributed by atoms with van der Waals surface area (Å²) in [5.41, 5.74) is -1.04. The molecule has 0 bridgehead atoms. The second-order valence-electron chi connectivity index (χ2n) is 4.53. The summed E-state index contributed by atoms with van der Waals surface area (Å²) in [5.74, 6) is 2.85. The van der Waals surface area contributed by atoms with Gasteiger partial charge in [0.25, 0.3) is 0 Å². The minimum atomic E-state index is -4.21. The predicted octanol–water partition coefficient (Wildman–Crippen LogP) is 2.88. The zero-order chi connectivity index (χ0) is 13.9. The Bertz CT molecular complexity index is 486. The van der Waals surface area contributed by atoms with Crippen LogP contribution in [-0.2, 0) is 6.54 Å². The van der Waals surface area contributed by atoms with E-state index in [0.29, 0.717) is 11.3 Å². The molecule has 0 amide bonds. The molecule has 0 spiro atoms. The van der Waals surface area contributed by atoms with Crippen molar-refractivity contribution in [2.75, 3.05) is 6.61 Å². The number of hydrogen-bond donors (Lipinski definition) is 1. The lowest BCUT2D eigenvalue weighted by Crippen LogP contribution is -2.44. The number of benzene rings is 1. The molecule has 2 rings (SSSR count). The highest BCUT2D eigenvalue weighted by Gasteiger charge is 2.62. The first-order chi connectivity index (χ1) is 8.98. The van der Waals surface area contributed by atoms with Crippen LogP contribution in [0.2, 0.25) is 0 Å². The molecule has 2 nitrogen and oxygen atoms in total. The van der Waals surface area contributed by atoms with Crippen molar-refractivity contribution >= 4 is 0 Å². The molecule has 1 aromatic carbocycles. The van der Waals surface area contributed by atoms with Crippen LogP contribution in [-0.4, -0.2) is 18.3 Å². The first-order valence-corrected chi connectivity index (χ1v) is 5.94. The molecule has 102 valence electrons. The maximum atomic E-state index is 12.8. The summed E-state index contributed by atoms with van der Waals surface area (Å²) in [6.07, 6.45) is 1.15. The fourth-order valence-electron chi connectivity index (χ4n) is 1.86. The second-order valence-corrected chi connectivity index (χ2v) is 4.53. The van der Waals surface area contributed by atoms with E-state index in [1.807, 2.05) is 0 Å². The summed E-state index contributed by atoms with van der Waals surface area (Å²) < 4.78 is 43.6. The number of hydrogen-bond acceptors (Lipinski definition) is 2. The first-order valence-electron chi connectivity index (χ1n) is 5.94. The summed E-state index contributed by atoms with van der Waals surface area (Å²) >= 11 is 0. The number of halogens is 3. The van der Waals surface area contributed by atoms with Gasteiger partial charge in [0.15, 0.2) is 0 Å². The van der Waals surface area contributed by atoms with Gasteiger partial charge in [-0.15, -0.1) is 6.42 Å². The largest absolute Gasteiger partial charge is 0.481 e. The minimum Gasteiger partial charge on any atom is -0.481 e. The predicted molar refractivity (Wildman–Crippen MR) is 65.6 cm³/mol. The lowest BCUT2D eigenvalue weighted by Gasteiger charge is -2.21. The molecule has 1 fully saturated rings. The molecule has 0 aromatic heterocycles. The average molecular weight is 269 g/mol. The van der Waals surface area contributed by atoms with Crippen molar-refractivity contribution in [1.82, 2.24) is 5.32 Å². The number of terminal acetylenes is 1. The van der Waals surface area contributed by atoms with Crippen molar-refractivity contribution in [3.05, 3.63) is 29.8 Å². The zero-order valence-electron chi connectivity index (χ0n) is 10.3. The number of alkyl halides is 3. The van der Waals surface area contributed by atoms with E-state index in [-0.39, 0.29) is 26.0 Å². The topological polar surface area (TPSA) is 21.3 Å². The Hall–Kier alpha value is -1.67. The highest BCUT2D eigenvalue weighted by molar-refractivity contribution is 5.34. The lowest BCUT2D eigenvalue weighted by atomic mass is 10.1. The zero-order valence-corrected chi connectivity index (χ0v) is 10.3. The van der Waals surface area contributed by atoms with Gasteiger partial charge in [0.05, 0.1) is 0 Å². The van der Waals surface area contributed by atoms with Crippen molar-refractivity contribution in [1.29, 1.82) is 0 Å². The molecule has 0 heterocycles. The summed E-state index contributed by atoms with van der Waals surface area (Å²) in [4.78, 5) is 0. The number of rotatable bonds is 5. The third-order valence-corrected chi connectivity index (χ3v) is 3.19. The number of ether oxygens (including phenoxy) is 1. The smallest absolute Gasteiger partial charge is 0.406 e. The molecule has 0 atom stereocenters. The van der Waals surface area contributed by atoms with Crippen LogP contribution >= 0.6 is 0 Å². The van der Waals surface area contributed by atoms with Gasteiger partial charge in [-0.2, -0.15) is 13.2 Å². The first kappa shape index (κ1) is 13.8. The van der Waals surface area contributed by atoms with Crippen LogP contribution in [0.5, 0.6) is 5.75 Å². The second kappa shape index (κ2) is 5.14. The molecule has 0 unspecified atom stereocenters. The van der Waals surface area contributed by atoms with Crippen molar-refractivity contribution in [2.45, 2.75) is 31.1 Å². The molecule has 0 radical (unpaired) electrons. The minimum absolute atomic E-state index is 0.0986. The Morgan fingerprint density at radius 3 is 2.58 bits per heavy atom. The van der Waals surface area contributed by atoms with Gasteiger partial charge >= 0.3 is 6.18 Å². The monoisotopic (exact) mass is 269 g/mol. The van der Waals surface area contributed by atoms with Crippen molar-refractivity contribution in [2.24, 2.45) is 0 Å². The average Bonchev–Trinajstić information content (AvgIpc) is 3.15. The maximum Gasteiger partial charge on any atom is 0.406 e. The van der Waals surface area contributed by atoms with Crippen molar-refractivity contribution in [3.8, 4) is 18.1 Å². The molecular weight excluding hydrogens is 255 g/mol. The fraction of sp³-hybridized carbons (Fsp3) is 0.429. The Labute approximate surface area is 110 Å². The van der Waals surface area contributed by atoms with Gasteiger partial charge in [-0.1, -0.05) is 24.1 Å². The van der Waals surface area contributed by atoms with Gasteiger partial charge in [0, 0.05) is 12.1 Å². The highest BCUT2D eigenvalue weighted by Crippen LogP contribution is 2.49. The van der Waals surface area contributed by atoms with E-state index < -0.39 is 11.7 Å². The Morgan fingerprint density at radius 1 is 1.32 bits per heavy atom. The standard InChI is InChI=1S/C14H14F3NO/c1-2-9-19-12-6-4-3-5-11(12)10-18-13(7-8-13)14(15,16)17/h1,3-6,18H,7-10H2. The van der Waals surface area contributed by atoms with Crippen LogP contribution in [0.25, 0.3) is 0 Å². The molecule has 1 aliphatic rings. The molecule has 19 heavy (non-hydrogen) atoms. The third-order valence-electron chi connectivity index (χ3n) is 3.19. The van der Waals surface area contributed by atoms with Crippen molar-refractivity contribution in [3.63, 3.8) is 0 Å². The molecule has 1 N–H and O–H groups in total. The molecule has 0 saturated heterocycles. The molecule has 1 aromatic rings. The van der Waals surface area contributed by atoms with E-state index in [9.17, 15) is 13.2 Å². The van der Waals surface area contributed by atoms with Crippen LogP contribution in [0.15, 0.2) is 24.3 Å². The van der Waals surface area contributed by atoms with E-state index in [2.05, 4.69) is 11.2 Å². The summed E-state index contributed by atoms with van der Waals surface area (Å²) in [6, 6.07) is 6.94.